The van der Waals surface area contributed by atoms with Gasteiger partial charge in [0, 0.05) is 30.5 Å². The molecule has 0 aliphatic heterocycles. The van der Waals surface area contributed by atoms with Gasteiger partial charge in [-0.1, -0.05) is 17.9 Å². The predicted octanol–water partition coefficient (Wildman–Crippen LogP) is 0.724. The van der Waals surface area contributed by atoms with Gasteiger partial charge in [-0.25, -0.2) is 0 Å². The summed E-state index contributed by atoms with van der Waals surface area (Å²) in [6.07, 6.45) is 1.19. The van der Waals surface area contributed by atoms with Crippen LogP contribution in [0.4, 0.5) is 0 Å². The van der Waals surface area contributed by atoms with Crippen LogP contribution in [0.15, 0.2) is 18.2 Å². The lowest BCUT2D eigenvalue weighted by Gasteiger charge is -2.07. The topological polar surface area (TPSA) is 92.4 Å². The number of nitrogens with one attached hydrogen (secondary N) is 1. The molecule has 1 rings (SSSR count). The van der Waals surface area contributed by atoms with Crippen molar-refractivity contribution in [3.63, 3.8) is 0 Å². The first-order valence-corrected chi connectivity index (χ1v) is 6.81. The summed E-state index contributed by atoms with van der Waals surface area (Å²) in [5, 5.41) is 11.4. The van der Waals surface area contributed by atoms with Crippen LogP contribution in [0.25, 0.3) is 0 Å². The average Bonchev–Trinajstić information content (AvgIpc) is 2.45. The molecule has 112 valence electrons. The van der Waals surface area contributed by atoms with Crippen LogP contribution < -0.4 is 11.1 Å². The molecule has 0 saturated carbocycles. The van der Waals surface area contributed by atoms with E-state index >= 15 is 0 Å². The summed E-state index contributed by atoms with van der Waals surface area (Å²) in [5.41, 5.74) is 7.19. The number of primary amides is 1. The lowest BCUT2D eigenvalue weighted by atomic mass is 10.0. The molecular weight excluding hydrogens is 268 g/mol. The molecule has 0 aromatic heterocycles. The van der Waals surface area contributed by atoms with Crippen molar-refractivity contribution in [1.29, 1.82) is 0 Å². The molecule has 0 atom stereocenters. The average molecular weight is 288 g/mol. The molecule has 2 amide bonds. The van der Waals surface area contributed by atoms with E-state index in [9.17, 15) is 9.59 Å². The largest absolute Gasteiger partial charge is 0.395 e. The van der Waals surface area contributed by atoms with Crippen molar-refractivity contribution in [3.8, 4) is 11.8 Å². The number of aryl methyl sites for hydroxylation is 1. The predicted molar refractivity (Wildman–Crippen MR) is 80.5 cm³/mol. The van der Waals surface area contributed by atoms with Gasteiger partial charge in [0.05, 0.1) is 6.61 Å². The second kappa shape index (κ2) is 8.77. The SMILES string of the molecule is Cc1ccc(C#CCCO)cc1C(=O)NCCCC(N)=O. The zero-order valence-corrected chi connectivity index (χ0v) is 12.1. The minimum atomic E-state index is -0.374. The third kappa shape index (κ3) is 6.11. The molecule has 0 aliphatic rings. The number of amides is 2. The maximum absolute atomic E-state index is 12.1. The smallest absolute Gasteiger partial charge is 0.251 e. The van der Waals surface area contributed by atoms with Crippen LogP contribution in [-0.4, -0.2) is 30.1 Å². The summed E-state index contributed by atoms with van der Waals surface area (Å²) in [6.45, 7) is 2.27. The quantitative estimate of drug-likeness (QED) is 0.532. The van der Waals surface area contributed by atoms with Crippen LogP contribution in [0.3, 0.4) is 0 Å². The first-order chi connectivity index (χ1) is 10.0. The van der Waals surface area contributed by atoms with Crippen molar-refractivity contribution < 1.29 is 14.7 Å². The summed E-state index contributed by atoms with van der Waals surface area (Å²) in [4.78, 5) is 22.7. The molecule has 0 bridgehead atoms. The van der Waals surface area contributed by atoms with Gasteiger partial charge in [0.2, 0.25) is 5.91 Å². The van der Waals surface area contributed by atoms with Crippen LogP contribution in [0.1, 0.15) is 40.7 Å². The number of hydrogen-bond acceptors (Lipinski definition) is 3. The zero-order valence-electron chi connectivity index (χ0n) is 12.1. The number of benzene rings is 1. The molecule has 0 fully saturated rings. The highest BCUT2D eigenvalue weighted by molar-refractivity contribution is 5.96. The Morgan fingerprint density at radius 1 is 1.38 bits per heavy atom. The number of aliphatic hydroxyl groups excluding tert-OH is 1. The van der Waals surface area contributed by atoms with Crippen molar-refractivity contribution in [2.45, 2.75) is 26.2 Å². The Morgan fingerprint density at radius 2 is 2.14 bits per heavy atom. The van der Waals surface area contributed by atoms with Crippen LogP contribution in [0, 0.1) is 18.8 Å². The minimum Gasteiger partial charge on any atom is -0.395 e. The molecule has 5 heteroatoms. The lowest BCUT2D eigenvalue weighted by Crippen LogP contribution is -2.26. The Hall–Kier alpha value is -2.32. The standard InChI is InChI=1S/C16H20N2O3/c1-12-7-8-13(5-2-3-10-19)11-14(12)16(21)18-9-4-6-15(17)20/h7-8,11,19H,3-4,6,9-10H2,1H3,(H2,17,20)(H,18,21). The second-order valence-electron chi connectivity index (χ2n) is 4.63. The summed E-state index contributed by atoms with van der Waals surface area (Å²) in [5.74, 6) is 5.15. The zero-order chi connectivity index (χ0) is 15.7. The van der Waals surface area contributed by atoms with Crippen LogP contribution in [0.2, 0.25) is 0 Å². The molecule has 21 heavy (non-hydrogen) atoms. The van der Waals surface area contributed by atoms with E-state index in [2.05, 4.69) is 17.2 Å². The number of hydrogen-bond donors (Lipinski definition) is 3. The number of nitrogens with two attached hydrogens (primary N) is 1. The molecule has 1 aromatic rings. The van der Waals surface area contributed by atoms with Gasteiger partial charge >= 0.3 is 0 Å². The van der Waals surface area contributed by atoms with Crippen molar-refractivity contribution in [2.75, 3.05) is 13.2 Å². The molecule has 4 N–H and O–H groups in total. The second-order valence-corrected chi connectivity index (χ2v) is 4.63. The molecule has 5 nitrogen and oxygen atoms in total. The molecular formula is C16H20N2O3. The monoisotopic (exact) mass is 288 g/mol. The fraction of sp³-hybridized carbons (Fsp3) is 0.375. The van der Waals surface area contributed by atoms with E-state index in [-0.39, 0.29) is 24.8 Å². The summed E-state index contributed by atoms with van der Waals surface area (Å²) in [7, 11) is 0. The van der Waals surface area contributed by atoms with Crippen LogP contribution in [-0.2, 0) is 4.79 Å². The highest BCUT2D eigenvalue weighted by atomic mass is 16.2. The number of aliphatic hydroxyl groups is 1. The van der Waals surface area contributed by atoms with Gasteiger partial charge in [-0.15, -0.1) is 0 Å². The van der Waals surface area contributed by atoms with E-state index in [1.54, 1.807) is 6.07 Å². The van der Waals surface area contributed by atoms with Gasteiger partial charge in [0.15, 0.2) is 0 Å². The lowest BCUT2D eigenvalue weighted by molar-refractivity contribution is -0.118. The first kappa shape index (κ1) is 16.7. The highest BCUT2D eigenvalue weighted by Gasteiger charge is 2.09. The normalized spacial score (nSPS) is 9.62. The van der Waals surface area contributed by atoms with E-state index in [1.807, 2.05) is 19.1 Å². The Kier molecular flexibility index (Phi) is 6.99. The molecule has 0 heterocycles. The fourth-order valence-corrected chi connectivity index (χ4v) is 1.72. The van der Waals surface area contributed by atoms with Crippen molar-refractivity contribution >= 4 is 11.8 Å². The van der Waals surface area contributed by atoms with Crippen molar-refractivity contribution in [3.05, 3.63) is 34.9 Å². The first-order valence-electron chi connectivity index (χ1n) is 6.81. The third-order valence-corrected chi connectivity index (χ3v) is 2.84. The highest BCUT2D eigenvalue weighted by Crippen LogP contribution is 2.10. The number of carbonyl (C=O) groups is 2. The summed E-state index contributed by atoms with van der Waals surface area (Å²) in [6, 6.07) is 5.40. The number of carbonyl (C=O) groups excluding carboxylic acids is 2. The van der Waals surface area contributed by atoms with Gasteiger partial charge in [0.1, 0.15) is 0 Å². The molecule has 0 unspecified atom stereocenters. The van der Waals surface area contributed by atoms with Crippen LogP contribution in [0.5, 0.6) is 0 Å². The van der Waals surface area contributed by atoms with Crippen molar-refractivity contribution in [2.24, 2.45) is 5.73 Å². The Morgan fingerprint density at radius 3 is 2.81 bits per heavy atom. The summed E-state index contributed by atoms with van der Waals surface area (Å²) < 4.78 is 0. The van der Waals surface area contributed by atoms with Gasteiger partial charge < -0.3 is 16.2 Å². The Balaban J connectivity index is 2.68. The Bertz CT molecular complexity index is 571. The fourth-order valence-electron chi connectivity index (χ4n) is 1.72. The maximum atomic E-state index is 12.1. The van der Waals surface area contributed by atoms with E-state index in [0.717, 1.165) is 11.1 Å². The van der Waals surface area contributed by atoms with Gasteiger partial charge in [-0.3, -0.25) is 9.59 Å². The molecule has 0 saturated heterocycles. The van der Waals surface area contributed by atoms with E-state index in [4.69, 9.17) is 10.8 Å². The minimum absolute atomic E-state index is 0.0199. The third-order valence-electron chi connectivity index (χ3n) is 2.84. The van der Waals surface area contributed by atoms with Gasteiger partial charge in [-0.2, -0.15) is 0 Å². The van der Waals surface area contributed by atoms with Gasteiger partial charge in [0.25, 0.3) is 5.91 Å². The number of rotatable bonds is 6. The van der Waals surface area contributed by atoms with E-state index < -0.39 is 0 Å². The maximum Gasteiger partial charge on any atom is 0.251 e. The summed E-state index contributed by atoms with van der Waals surface area (Å²) >= 11 is 0. The molecule has 0 spiro atoms. The molecule has 1 aromatic carbocycles. The van der Waals surface area contributed by atoms with E-state index in [1.165, 1.54) is 0 Å². The van der Waals surface area contributed by atoms with Crippen molar-refractivity contribution in [1.82, 2.24) is 5.32 Å². The molecule has 0 aliphatic carbocycles. The van der Waals surface area contributed by atoms with E-state index in [0.29, 0.717) is 24.9 Å². The molecule has 0 radical (unpaired) electrons. The van der Waals surface area contributed by atoms with Gasteiger partial charge in [-0.05, 0) is 31.0 Å². The van der Waals surface area contributed by atoms with Crippen LogP contribution >= 0.6 is 0 Å². The Labute approximate surface area is 124 Å².